The van der Waals surface area contributed by atoms with Crippen LogP contribution in [0, 0.1) is 0 Å². The second kappa shape index (κ2) is 7.01. The minimum Gasteiger partial charge on any atom is -0.370 e. The summed E-state index contributed by atoms with van der Waals surface area (Å²) in [5.74, 6) is 0.667. The first-order chi connectivity index (χ1) is 11.6. The van der Waals surface area contributed by atoms with Crippen LogP contribution in [-0.2, 0) is 11.3 Å². The fourth-order valence-corrected chi connectivity index (χ4v) is 3.15. The van der Waals surface area contributed by atoms with Gasteiger partial charge in [0.25, 0.3) is 0 Å². The Balaban J connectivity index is 1.61. The molecule has 0 spiro atoms. The summed E-state index contributed by atoms with van der Waals surface area (Å²) < 4.78 is 0. The molecular formula is C19H24N4O. The third-order valence-electron chi connectivity index (χ3n) is 4.79. The van der Waals surface area contributed by atoms with E-state index in [1.54, 1.807) is 0 Å². The number of amides is 1. The summed E-state index contributed by atoms with van der Waals surface area (Å²) in [6.45, 7) is 0.704. The zero-order chi connectivity index (χ0) is 17.0. The summed E-state index contributed by atoms with van der Waals surface area (Å²) in [7, 11) is 2.01. The molecule has 0 radical (unpaired) electrons. The molecule has 2 aromatic rings. The molecule has 0 aliphatic heterocycles. The first kappa shape index (κ1) is 16.5. The Morgan fingerprint density at radius 3 is 2.54 bits per heavy atom. The number of hydrogen-bond donors (Lipinski definition) is 2. The number of hydrogen-bond acceptors (Lipinski definition) is 4. The largest absolute Gasteiger partial charge is 0.370 e. The van der Waals surface area contributed by atoms with E-state index in [1.165, 1.54) is 0 Å². The van der Waals surface area contributed by atoms with Gasteiger partial charge >= 0.3 is 0 Å². The Bertz CT molecular complexity index is 680. The van der Waals surface area contributed by atoms with Crippen LogP contribution < -0.4 is 16.0 Å². The van der Waals surface area contributed by atoms with Crippen molar-refractivity contribution in [2.24, 2.45) is 5.73 Å². The second-order valence-electron chi connectivity index (χ2n) is 6.55. The molecule has 3 rings (SSSR count). The molecule has 0 atom stereocenters. The lowest BCUT2D eigenvalue weighted by Crippen LogP contribution is -2.52. The minimum absolute atomic E-state index is 0.106. The van der Waals surface area contributed by atoms with Gasteiger partial charge in [-0.2, -0.15) is 0 Å². The van der Waals surface area contributed by atoms with Crippen LogP contribution in [0.2, 0.25) is 0 Å². The first-order valence-corrected chi connectivity index (χ1v) is 8.35. The highest BCUT2D eigenvalue weighted by molar-refractivity contribution is 5.75. The number of primary amides is 1. The van der Waals surface area contributed by atoms with Gasteiger partial charge in [-0.3, -0.25) is 4.79 Å². The number of pyridine rings is 1. The summed E-state index contributed by atoms with van der Waals surface area (Å²) in [5, 5.41) is 3.51. The van der Waals surface area contributed by atoms with E-state index < -0.39 is 0 Å². The topological polar surface area (TPSA) is 71.2 Å². The molecule has 0 unspecified atom stereocenters. The number of carbonyl (C=O) groups is 1. The molecule has 1 saturated carbocycles. The van der Waals surface area contributed by atoms with Gasteiger partial charge in [0.15, 0.2) is 0 Å². The van der Waals surface area contributed by atoms with Crippen LogP contribution in [0.3, 0.4) is 0 Å². The van der Waals surface area contributed by atoms with E-state index in [2.05, 4.69) is 33.4 Å². The van der Waals surface area contributed by atoms with Gasteiger partial charge in [-0.25, -0.2) is 4.98 Å². The number of anilines is 2. The van der Waals surface area contributed by atoms with Crippen molar-refractivity contribution < 1.29 is 4.79 Å². The lowest BCUT2D eigenvalue weighted by atomic mass is 9.74. The maximum atomic E-state index is 11.2. The molecule has 0 bridgehead atoms. The van der Waals surface area contributed by atoms with E-state index in [1.807, 2.05) is 37.5 Å². The molecular weight excluding hydrogens is 300 g/mol. The summed E-state index contributed by atoms with van der Waals surface area (Å²) in [6.07, 6.45) is 5.48. The van der Waals surface area contributed by atoms with Crippen LogP contribution >= 0.6 is 0 Å². The van der Waals surface area contributed by atoms with Crippen molar-refractivity contribution in [3.05, 3.63) is 54.2 Å². The molecule has 126 valence electrons. The molecule has 24 heavy (non-hydrogen) atoms. The molecule has 1 aliphatic rings. The molecule has 5 nitrogen and oxygen atoms in total. The van der Waals surface area contributed by atoms with E-state index in [-0.39, 0.29) is 11.4 Å². The smallest absolute Gasteiger partial charge is 0.219 e. The van der Waals surface area contributed by atoms with Crippen molar-refractivity contribution in [2.75, 3.05) is 11.9 Å². The SMILES string of the molecule is CN(c1ccccc1)c1ccc(CNC2(CC(N)=O)CCC2)cn1. The molecule has 1 amide bonds. The number of nitrogens with one attached hydrogen (secondary N) is 1. The van der Waals surface area contributed by atoms with Crippen molar-refractivity contribution >= 4 is 17.4 Å². The van der Waals surface area contributed by atoms with Crippen molar-refractivity contribution in [2.45, 2.75) is 37.8 Å². The molecule has 1 fully saturated rings. The van der Waals surface area contributed by atoms with Gasteiger partial charge in [0.1, 0.15) is 5.82 Å². The van der Waals surface area contributed by atoms with Crippen LogP contribution in [0.4, 0.5) is 11.5 Å². The third kappa shape index (κ3) is 3.74. The molecule has 0 saturated heterocycles. The van der Waals surface area contributed by atoms with E-state index >= 15 is 0 Å². The van der Waals surface area contributed by atoms with Crippen molar-refractivity contribution in [1.29, 1.82) is 0 Å². The maximum absolute atomic E-state index is 11.2. The molecule has 3 N–H and O–H groups in total. The number of aromatic nitrogens is 1. The average Bonchev–Trinajstić information content (AvgIpc) is 2.57. The van der Waals surface area contributed by atoms with Crippen LogP contribution in [0.1, 0.15) is 31.2 Å². The summed E-state index contributed by atoms with van der Waals surface area (Å²) >= 11 is 0. The summed E-state index contributed by atoms with van der Waals surface area (Å²) in [4.78, 5) is 17.8. The highest BCUT2D eigenvalue weighted by atomic mass is 16.1. The van der Waals surface area contributed by atoms with Gasteiger partial charge in [-0.05, 0) is 43.0 Å². The zero-order valence-corrected chi connectivity index (χ0v) is 14.0. The maximum Gasteiger partial charge on any atom is 0.219 e. The van der Waals surface area contributed by atoms with E-state index in [0.29, 0.717) is 13.0 Å². The highest BCUT2D eigenvalue weighted by Gasteiger charge is 2.37. The lowest BCUT2D eigenvalue weighted by Gasteiger charge is -2.42. The molecule has 1 aromatic carbocycles. The van der Waals surface area contributed by atoms with Crippen molar-refractivity contribution in [3.8, 4) is 0 Å². The van der Waals surface area contributed by atoms with Gasteiger partial charge in [-0.15, -0.1) is 0 Å². The van der Waals surface area contributed by atoms with Gasteiger partial charge in [0.2, 0.25) is 5.91 Å². The predicted octanol–water partition coefficient (Wildman–Crippen LogP) is 2.74. The van der Waals surface area contributed by atoms with Gasteiger partial charge < -0.3 is 16.0 Å². The first-order valence-electron chi connectivity index (χ1n) is 8.35. The summed E-state index contributed by atoms with van der Waals surface area (Å²) in [6, 6.07) is 14.2. The molecule has 5 heteroatoms. The standard InChI is InChI=1S/C19H24N4O/c1-23(16-6-3-2-4-7-16)18-9-8-15(13-21-18)14-22-19(10-5-11-19)12-17(20)24/h2-4,6-9,13,22H,5,10-12,14H2,1H3,(H2,20,24). The zero-order valence-electron chi connectivity index (χ0n) is 14.0. The number of carbonyl (C=O) groups excluding carboxylic acids is 1. The summed E-state index contributed by atoms with van der Waals surface area (Å²) in [5.41, 5.74) is 7.47. The van der Waals surface area contributed by atoms with Gasteiger partial charge in [0, 0.05) is 37.4 Å². The minimum atomic E-state index is -0.236. The number of benzene rings is 1. The Morgan fingerprint density at radius 2 is 2.00 bits per heavy atom. The second-order valence-corrected chi connectivity index (χ2v) is 6.55. The number of para-hydroxylation sites is 1. The predicted molar refractivity (Wildman–Crippen MR) is 96.0 cm³/mol. The van der Waals surface area contributed by atoms with Crippen LogP contribution in [0.5, 0.6) is 0 Å². The van der Waals surface area contributed by atoms with Gasteiger partial charge in [-0.1, -0.05) is 24.3 Å². The third-order valence-corrected chi connectivity index (χ3v) is 4.79. The van der Waals surface area contributed by atoms with Crippen molar-refractivity contribution in [1.82, 2.24) is 10.3 Å². The fraction of sp³-hybridized carbons (Fsp3) is 0.368. The number of nitrogens with zero attached hydrogens (tertiary/aromatic N) is 2. The Kier molecular flexibility index (Phi) is 4.81. The highest BCUT2D eigenvalue weighted by Crippen LogP contribution is 2.35. The normalized spacial score (nSPS) is 15.5. The monoisotopic (exact) mass is 324 g/mol. The number of rotatable bonds is 7. The van der Waals surface area contributed by atoms with E-state index in [0.717, 1.165) is 36.3 Å². The van der Waals surface area contributed by atoms with E-state index in [4.69, 9.17) is 5.73 Å². The Hall–Kier alpha value is -2.40. The molecule has 1 aromatic heterocycles. The molecule has 1 aliphatic carbocycles. The fourth-order valence-electron chi connectivity index (χ4n) is 3.15. The number of nitrogens with two attached hydrogens (primary N) is 1. The lowest BCUT2D eigenvalue weighted by molar-refractivity contribution is -0.120. The Labute approximate surface area is 142 Å². The quantitative estimate of drug-likeness (QED) is 0.821. The van der Waals surface area contributed by atoms with Gasteiger partial charge in [0.05, 0.1) is 0 Å². The van der Waals surface area contributed by atoms with Crippen LogP contribution in [0.15, 0.2) is 48.7 Å². The van der Waals surface area contributed by atoms with Crippen LogP contribution in [0.25, 0.3) is 0 Å². The Morgan fingerprint density at radius 1 is 1.25 bits per heavy atom. The van der Waals surface area contributed by atoms with Crippen LogP contribution in [-0.4, -0.2) is 23.5 Å². The average molecular weight is 324 g/mol. The van der Waals surface area contributed by atoms with E-state index in [9.17, 15) is 4.79 Å². The molecule has 1 heterocycles. The van der Waals surface area contributed by atoms with Crippen molar-refractivity contribution in [3.63, 3.8) is 0 Å².